The number of amides is 1. The van der Waals surface area contributed by atoms with E-state index >= 15 is 0 Å². The van der Waals surface area contributed by atoms with Crippen LogP contribution in [0.1, 0.15) is 18.7 Å². The van der Waals surface area contributed by atoms with Crippen molar-refractivity contribution in [2.45, 2.75) is 17.9 Å². The van der Waals surface area contributed by atoms with E-state index in [1.807, 2.05) is 12.1 Å². The largest absolute Gasteiger partial charge is 0.467 e. The Morgan fingerprint density at radius 3 is 2.62 bits per heavy atom. The lowest BCUT2D eigenvalue weighted by Crippen LogP contribution is -2.36. The molecule has 1 atom stereocenters. The quantitative estimate of drug-likeness (QED) is 0.621. The molecule has 2 aromatic carbocycles. The molecule has 150 valence electrons. The maximum Gasteiger partial charge on any atom is 0.327 e. The second-order valence-corrected chi connectivity index (χ2v) is 8.44. The number of nitrogens with zero attached hydrogens (tertiary/aromatic N) is 1. The molecule has 0 radical (unpaired) electrons. The summed E-state index contributed by atoms with van der Waals surface area (Å²) in [5, 5.41) is 3.98. The number of benzene rings is 2. The fourth-order valence-electron chi connectivity index (χ4n) is 3.33. The number of ether oxygens (including phenoxy) is 1. The molecule has 0 unspecified atom stereocenters. The summed E-state index contributed by atoms with van der Waals surface area (Å²) in [5.41, 5.74) is 0.422. The van der Waals surface area contributed by atoms with Crippen LogP contribution in [0.3, 0.4) is 0 Å². The average Bonchev–Trinajstić information content (AvgIpc) is 3.30. The van der Waals surface area contributed by atoms with Gasteiger partial charge in [0.1, 0.15) is 12.3 Å². The molecular weight excluding hydrogens is 396 g/mol. The molecule has 0 spiro atoms. The highest BCUT2D eigenvalue weighted by Crippen LogP contribution is 2.41. The van der Waals surface area contributed by atoms with Crippen molar-refractivity contribution in [2.75, 3.05) is 17.5 Å². The van der Waals surface area contributed by atoms with E-state index in [1.54, 1.807) is 37.3 Å². The van der Waals surface area contributed by atoms with Gasteiger partial charge >= 0.3 is 5.97 Å². The third kappa shape index (κ3) is 3.44. The minimum absolute atomic E-state index is 0.156. The molecule has 1 aromatic heterocycles. The zero-order valence-electron chi connectivity index (χ0n) is 15.5. The molecule has 1 aliphatic heterocycles. The minimum atomic E-state index is -3.86. The van der Waals surface area contributed by atoms with Crippen molar-refractivity contribution < 1.29 is 27.2 Å². The molecular formula is C20H18N2O6S. The molecule has 8 nitrogen and oxygen atoms in total. The number of carbonyl (C=O) groups excluding carboxylic acids is 2. The van der Waals surface area contributed by atoms with Crippen LogP contribution in [0.4, 0.5) is 5.69 Å². The number of anilines is 1. The van der Waals surface area contributed by atoms with Gasteiger partial charge in [-0.1, -0.05) is 24.3 Å². The lowest BCUT2D eigenvalue weighted by Gasteiger charge is -2.18. The van der Waals surface area contributed by atoms with E-state index in [9.17, 15) is 18.0 Å². The fraction of sp³-hybridized carbons (Fsp3) is 0.200. The summed E-state index contributed by atoms with van der Waals surface area (Å²) in [6.45, 7) is 0.694. The molecule has 1 amide bonds. The number of nitrogens with one attached hydrogen (secondary N) is 1. The lowest BCUT2D eigenvalue weighted by molar-refractivity contribution is -0.147. The van der Waals surface area contributed by atoms with E-state index in [1.165, 1.54) is 12.3 Å². The van der Waals surface area contributed by atoms with Crippen LogP contribution in [-0.2, 0) is 24.3 Å². The van der Waals surface area contributed by atoms with E-state index < -0.39 is 35.1 Å². The predicted octanol–water partition coefficient (Wildman–Crippen LogP) is 2.36. The van der Waals surface area contributed by atoms with Gasteiger partial charge in [-0.05, 0) is 36.6 Å². The number of rotatable bonds is 6. The first-order valence-corrected chi connectivity index (χ1v) is 10.3. The summed E-state index contributed by atoms with van der Waals surface area (Å²) in [6, 6.07) is 13.2. The molecule has 3 aromatic rings. The van der Waals surface area contributed by atoms with Gasteiger partial charge in [-0.25, -0.2) is 8.42 Å². The van der Waals surface area contributed by atoms with Crippen molar-refractivity contribution in [3.8, 4) is 0 Å². The van der Waals surface area contributed by atoms with Gasteiger partial charge in [0.25, 0.3) is 15.9 Å². The van der Waals surface area contributed by atoms with Gasteiger partial charge in [-0.2, -0.15) is 0 Å². The molecule has 29 heavy (non-hydrogen) atoms. The molecule has 2 heterocycles. The maximum atomic E-state index is 12.8. The minimum Gasteiger partial charge on any atom is -0.467 e. The first kappa shape index (κ1) is 19.0. The number of esters is 1. The highest BCUT2D eigenvalue weighted by molar-refractivity contribution is 7.93. The van der Waals surface area contributed by atoms with Crippen molar-refractivity contribution in [3.63, 3.8) is 0 Å². The normalized spacial score (nSPS) is 15.3. The van der Waals surface area contributed by atoms with Crippen molar-refractivity contribution in [3.05, 3.63) is 60.6 Å². The Bertz CT molecular complexity index is 1180. The molecule has 0 fully saturated rings. The summed E-state index contributed by atoms with van der Waals surface area (Å²) in [7, 11) is -3.86. The molecule has 0 saturated carbocycles. The van der Waals surface area contributed by atoms with Crippen molar-refractivity contribution in [1.29, 1.82) is 0 Å². The van der Waals surface area contributed by atoms with Gasteiger partial charge in [-0.3, -0.25) is 13.9 Å². The van der Waals surface area contributed by atoms with Gasteiger partial charge in [0, 0.05) is 5.39 Å². The Labute approximate surface area is 167 Å². The van der Waals surface area contributed by atoms with E-state index in [2.05, 4.69) is 5.32 Å². The average molecular weight is 414 g/mol. The molecule has 1 aliphatic rings. The fourth-order valence-corrected chi connectivity index (χ4v) is 4.98. The van der Waals surface area contributed by atoms with Crippen LogP contribution >= 0.6 is 0 Å². The topological polar surface area (TPSA) is 106 Å². The van der Waals surface area contributed by atoms with Crippen LogP contribution in [0.25, 0.3) is 10.8 Å². The highest BCUT2D eigenvalue weighted by atomic mass is 32.2. The first-order valence-electron chi connectivity index (χ1n) is 8.91. The van der Waals surface area contributed by atoms with Gasteiger partial charge in [0.2, 0.25) is 0 Å². The van der Waals surface area contributed by atoms with Crippen LogP contribution in [0, 0.1) is 0 Å². The van der Waals surface area contributed by atoms with Crippen molar-refractivity contribution in [2.24, 2.45) is 0 Å². The number of carbonyl (C=O) groups is 2. The second kappa shape index (κ2) is 7.25. The number of hydrogen-bond acceptors (Lipinski definition) is 6. The predicted molar refractivity (Wildman–Crippen MR) is 105 cm³/mol. The third-order valence-corrected chi connectivity index (χ3v) is 6.47. The van der Waals surface area contributed by atoms with Gasteiger partial charge in [0.05, 0.1) is 22.9 Å². The number of hydrogen-bond donors (Lipinski definition) is 1. The Morgan fingerprint density at radius 2 is 1.90 bits per heavy atom. The number of furan rings is 1. The second-order valence-electron chi connectivity index (χ2n) is 6.61. The zero-order valence-corrected chi connectivity index (χ0v) is 16.3. The van der Waals surface area contributed by atoms with E-state index in [0.717, 1.165) is 9.69 Å². The molecule has 0 saturated heterocycles. The van der Waals surface area contributed by atoms with E-state index in [-0.39, 0.29) is 10.9 Å². The van der Waals surface area contributed by atoms with Crippen LogP contribution < -0.4 is 9.62 Å². The Balaban J connectivity index is 1.42. The lowest BCUT2D eigenvalue weighted by atomic mass is 10.1. The maximum absolute atomic E-state index is 12.8. The number of sulfonamides is 1. The van der Waals surface area contributed by atoms with Crippen LogP contribution in [-0.4, -0.2) is 33.4 Å². The standard InChI is InChI=1S/C20H18N2O6S/c1-13(16-8-4-10-27-16)21-18(23)12-28-19(24)11-22-15-7-2-5-14-6-3-9-17(20(14)15)29(22,25)26/h2-10,13H,11-12H2,1H3,(H,21,23)/t13-/m0/s1. The van der Waals surface area contributed by atoms with Crippen LogP contribution in [0.2, 0.25) is 0 Å². The zero-order chi connectivity index (χ0) is 20.6. The summed E-state index contributed by atoms with van der Waals surface area (Å²) in [5.74, 6) is -0.769. The van der Waals surface area contributed by atoms with Crippen molar-refractivity contribution >= 4 is 38.4 Å². The van der Waals surface area contributed by atoms with Gasteiger partial charge in [-0.15, -0.1) is 0 Å². The van der Waals surface area contributed by atoms with Crippen molar-refractivity contribution in [1.82, 2.24) is 5.32 Å². The smallest absolute Gasteiger partial charge is 0.327 e. The monoisotopic (exact) mass is 414 g/mol. The molecule has 0 aliphatic carbocycles. The summed E-state index contributed by atoms with van der Waals surface area (Å²) in [6.07, 6.45) is 1.49. The first-order chi connectivity index (χ1) is 13.9. The molecule has 1 N–H and O–H groups in total. The molecule has 4 rings (SSSR count). The van der Waals surface area contributed by atoms with Crippen LogP contribution in [0.5, 0.6) is 0 Å². The highest BCUT2D eigenvalue weighted by Gasteiger charge is 2.37. The molecule has 9 heteroatoms. The SMILES string of the molecule is C[C@H](NC(=O)COC(=O)CN1c2cccc3cccc(c23)S1(=O)=O)c1ccco1. The Hall–Kier alpha value is -3.33. The Morgan fingerprint density at radius 1 is 1.14 bits per heavy atom. The summed E-state index contributed by atoms with van der Waals surface area (Å²) < 4.78 is 36.9. The summed E-state index contributed by atoms with van der Waals surface area (Å²) >= 11 is 0. The van der Waals surface area contributed by atoms with Crippen LogP contribution in [0.15, 0.2) is 64.1 Å². The van der Waals surface area contributed by atoms with Gasteiger partial charge < -0.3 is 14.5 Å². The third-order valence-electron chi connectivity index (χ3n) is 4.67. The molecule has 0 bridgehead atoms. The van der Waals surface area contributed by atoms with E-state index in [4.69, 9.17) is 9.15 Å². The Kier molecular flexibility index (Phi) is 4.75. The van der Waals surface area contributed by atoms with Gasteiger partial charge in [0.15, 0.2) is 6.61 Å². The van der Waals surface area contributed by atoms with E-state index in [0.29, 0.717) is 16.8 Å². The summed E-state index contributed by atoms with van der Waals surface area (Å²) in [4.78, 5) is 24.4.